The zero-order valence-electron chi connectivity index (χ0n) is 12.7. The molecule has 0 fully saturated rings. The lowest BCUT2D eigenvalue weighted by Crippen LogP contribution is -2.39. The van der Waals surface area contributed by atoms with Crippen molar-refractivity contribution >= 4 is 21.7 Å². The van der Waals surface area contributed by atoms with Crippen LogP contribution < -0.4 is 10.6 Å². The number of furan rings is 1. The molecule has 0 aliphatic heterocycles. The smallest absolute Gasteiger partial charge is 0.319 e. The topological polar surface area (TPSA) is 91.7 Å². The van der Waals surface area contributed by atoms with Crippen LogP contribution in [0, 0.1) is 0 Å². The number of rotatable bonds is 7. The van der Waals surface area contributed by atoms with Crippen molar-refractivity contribution in [3.8, 4) is 0 Å². The van der Waals surface area contributed by atoms with E-state index < -0.39 is 10.0 Å². The first-order valence-electron chi connectivity index (χ1n) is 7.02. The average Bonchev–Trinajstić information content (AvgIpc) is 2.99. The van der Waals surface area contributed by atoms with Crippen LogP contribution in [0.25, 0.3) is 0 Å². The van der Waals surface area contributed by atoms with Gasteiger partial charge in [-0.25, -0.2) is 13.2 Å². The monoisotopic (exact) mass is 337 g/mol. The van der Waals surface area contributed by atoms with Crippen LogP contribution >= 0.6 is 0 Å². The van der Waals surface area contributed by atoms with Gasteiger partial charge in [0.15, 0.2) is 0 Å². The molecule has 0 atom stereocenters. The molecule has 1 aromatic heterocycles. The Morgan fingerprint density at radius 2 is 1.91 bits per heavy atom. The summed E-state index contributed by atoms with van der Waals surface area (Å²) in [4.78, 5) is 11.8. The third-order valence-corrected chi connectivity index (χ3v) is 4.31. The number of hydrogen-bond donors (Lipinski definition) is 2. The van der Waals surface area contributed by atoms with E-state index in [2.05, 4.69) is 10.6 Å². The molecule has 1 aromatic carbocycles. The summed E-state index contributed by atoms with van der Waals surface area (Å²) in [5, 5.41) is 5.29. The highest BCUT2D eigenvalue weighted by molar-refractivity contribution is 7.88. The third-order valence-electron chi connectivity index (χ3n) is 3.06. The van der Waals surface area contributed by atoms with Crippen molar-refractivity contribution in [1.29, 1.82) is 0 Å². The highest BCUT2D eigenvalue weighted by atomic mass is 32.2. The molecular weight excluding hydrogens is 318 g/mol. The Balaban J connectivity index is 1.83. The Hall–Kier alpha value is -2.32. The summed E-state index contributed by atoms with van der Waals surface area (Å²) in [5.74, 6) is 0.546. The number of nitrogens with zero attached hydrogens (tertiary/aromatic N) is 1. The summed E-state index contributed by atoms with van der Waals surface area (Å²) < 4.78 is 30.0. The second kappa shape index (κ2) is 7.80. The predicted octanol–water partition coefficient (Wildman–Crippen LogP) is 1.86. The van der Waals surface area contributed by atoms with E-state index in [4.69, 9.17) is 4.42 Å². The molecule has 124 valence electrons. The summed E-state index contributed by atoms with van der Waals surface area (Å²) in [5.41, 5.74) is 0.667. The van der Waals surface area contributed by atoms with Crippen LogP contribution in [0.5, 0.6) is 0 Å². The number of para-hydroxylation sites is 1. The van der Waals surface area contributed by atoms with Crippen LogP contribution in [0.1, 0.15) is 5.76 Å². The molecule has 8 heteroatoms. The number of sulfonamides is 1. The molecule has 0 aliphatic rings. The largest absolute Gasteiger partial charge is 0.468 e. The van der Waals surface area contributed by atoms with Gasteiger partial charge in [0.1, 0.15) is 5.76 Å². The molecule has 2 rings (SSSR count). The number of benzene rings is 1. The van der Waals surface area contributed by atoms with E-state index in [9.17, 15) is 13.2 Å². The lowest BCUT2D eigenvalue weighted by molar-refractivity contribution is 0.250. The van der Waals surface area contributed by atoms with Gasteiger partial charge in [-0.15, -0.1) is 0 Å². The highest BCUT2D eigenvalue weighted by Crippen LogP contribution is 2.08. The van der Waals surface area contributed by atoms with Gasteiger partial charge in [-0.2, -0.15) is 4.31 Å². The minimum Gasteiger partial charge on any atom is -0.468 e. The van der Waals surface area contributed by atoms with Gasteiger partial charge in [-0.3, -0.25) is 0 Å². The lowest BCUT2D eigenvalue weighted by atomic mass is 10.3. The molecule has 2 aromatic rings. The fraction of sp³-hybridized carbons (Fsp3) is 0.267. The summed E-state index contributed by atoms with van der Waals surface area (Å²) in [6.07, 6.45) is 2.61. The maximum atomic E-state index is 11.8. The van der Waals surface area contributed by atoms with E-state index in [-0.39, 0.29) is 25.7 Å². The van der Waals surface area contributed by atoms with E-state index in [0.717, 1.165) is 6.26 Å². The van der Waals surface area contributed by atoms with Crippen molar-refractivity contribution < 1.29 is 17.6 Å². The minimum absolute atomic E-state index is 0.133. The van der Waals surface area contributed by atoms with Crippen molar-refractivity contribution in [2.75, 3.05) is 24.7 Å². The van der Waals surface area contributed by atoms with E-state index in [1.54, 1.807) is 24.3 Å². The van der Waals surface area contributed by atoms with Crippen LogP contribution in [0.15, 0.2) is 53.1 Å². The Bertz CT molecular complexity index is 714. The number of amides is 2. The van der Waals surface area contributed by atoms with Gasteiger partial charge in [0, 0.05) is 18.8 Å². The Morgan fingerprint density at radius 3 is 2.52 bits per heavy atom. The summed E-state index contributed by atoms with van der Waals surface area (Å²) in [6, 6.07) is 12.0. The highest BCUT2D eigenvalue weighted by Gasteiger charge is 2.18. The van der Waals surface area contributed by atoms with Gasteiger partial charge in [0.2, 0.25) is 10.0 Å². The number of carbonyl (C=O) groups is 1. The number of nitrogens with one attached hydrogen (secondary N) is 2. The molecule has 1 heterocycles. The maximum absolute atomic E-state index is 11.8. The molecule has 7 nitrogen and oxygen atoms in total. The fourth-order valence-electron chi connectivity index (χ4n) is 1.93. The first kappa shape index (κ1) is 17.0. The van der Waals surface area contributed by atoms with Crippen LogP contribution in [0.3, 0.4) is 0 Å². The molecule has 0 radical (unpaired) electrons. The molecular formula is C15H19N3O4S. The van der Waals surface area contributed by atoms with Crippen LogP contribution in [-0.2, 0) is 16.6 Å². The van der Waals surface area contributed by atoms with Crippen LogP contribution in [-0.4, -0.2) is 38.1 Å². The Labute approximate surface area is 135 Å². The molecule has 2 N–H and O–H groups in total. The second-order valence-electron chi connectivity index (χ2n) is 4.92. The number of hydrogen-bond acceptors (Lipinski definition) is 4. The minimum atomic E-state index is -3.40. The number of anilines is 1. The van der Waals surface area contributed by atoms with Crippen molar-refractivity contribution in [3.05, 3.63) is 54.5 Å². The first-order valence-corrected chi connectivity index (χ1v) is 8.87. The van der Waals surface area contributed by atoms with Crippen LogP contribution in [0.4, 0.5) is 10.5 Å². The molecule has 0 unspecified atom stereocenters. The van der Waals surface area contributed by atoms with Crippen molar-refractivity contribution in [1.82, 2.24) is 9.62 Å². The maximum Gasteiger partial charge on any atom is 0.319 e. The van der Waals surface area contributed by atoms with E-state index in [0.29, 0.717) is 11.4 Å². The average molecular weight is 337 g/mol. The summed E-state index contributed by atoms with van der Waals surface area (Å²) in [7, 11) is -3.40. The van der Waals surface area contributed by atoms with Crippen molar-refractivity contribution in [3.63, 3.8) is 0 Å². The summed E-state index contributed by atoms with van der Waals surface area (Å²) >= 11 is 0. The first-order chi connectivity index (χ1) is 10.9. The lowest BCUT2D eigenvalue weighted by Gasteiger charge is -2.19. The molecule has 0 saturated heterocycles. The van der Waals surface area contributed by atoms with Gasteiger partial charge in [-0.1, -0.05) is 18.2 Å². The van der Waals surface area contributed by atoms with Gasteiger partial charge in [-0.05, 0) is 24.3 Å². The predicted molar refractivity (Wildman–Crippen MR) is 87.4 cm³/mol. The molecule has 0 saturated carbocycles. The summed E-state index contributed by atoms with van der Waals surface area (Å²) in [6.45, 7) is 0.474. The second-order valence-corrected chi connectivity index (χ2v) is 6.91. The van der Waals surface area contributed by atoms with E-state index in [1.807, 2.05) is 18.2 Å². The number of urea groups is 1. The third kappa shape index (κ3) is 5.76. The SMILES string of the molecule is CS(=O)(=O)N(CCNC(=O)Nc1ccccc1)Cc1ccco1. The van der Waals surface area contributed by atoms with Gasteiger partial charge < -0.3 is 15.1 Å². The van der Waals surface area contributed by atoms with Gasteiger partial charge >= 0.3 is 6.03 Å². The quantitative estimate of drug-likeness (QED) is 0.807. The molecule has 0 bridgehead atoms. The zero-order valence-corrected chi connectivity index (χ0v) is 13.5. The standard InChI is InChI=1S/C15H19N3O4S/c1-23(20,21)18(12-14-8-5-11-22-14)10-9-16-15(19)17-13-6-3-2-4-7-13/h2-8,11H,9-10,12H2,1H3,(H2,16,17,19). The molecule has 23 heavy (non-hydrogen) atoms. The normalized spacial score (nSPS) is 11.4. The van der Waals surface area contributed by atoms with Crippen molar-refractivity contribution in [2.45, 2.75) is 6.54 Å². The fourth-order valence-corrected chi connectivity index (χ4v) is 2.71. The Morgan fingerprint density at radius 1 is 1.17 bits per heavy atom. The van der Waals surface area contributed by atoms with Crippen molar-refractivity contribution in [2.24, 2.45) is 0 Å². The van der Waals surface area contributed by atoms with Gasteiger partial charge in [0.25, 0.3) is 0 Å². The van der Waals surface area contributed by atoms with E-state index >= 15 is 0 Å². The van der Waals surface area contributed by atoms with E-state index in [1.165, 1.54) is 10.6 Å². The zero-order chi connectivity index (χ0) is 16.7. The Kier molecular flexibility index (Phi) is 5.78. The molecule has 0 spiro atoms. The molecule has 0 aliphatic carbocycles. The van der Waals surface area contributed by atoms with Gasteiger partial charge in [0.05, 0.1) is 19.1 Å². The number of carbonyl (C=O) groups excluding carboxylic acids is 1. The molecule has 2 amide bonds. The van der Waals surface area contributed by atoms with Crippen LogP contribution in [0.2, 0.25) is 0 Å².